The number of pyridine rings is 1. The molecular weight excluding hydrogens is 442 g/mol. The minimum absolute atomic E-state index is 0.0865. The van der Waals surface area contributed by atoms with Crippen LogP contribution >= 0.6 is 0 Å². The van der Waals surface area contributed by atoms with Crippen LogP contribution in [0.15, 0.2) is 91.1 Å². The van der Waals surface area contributed by atoms with Crippen LogP contribution in [-0.4, -0.2) is 25.1 Å². The van der Waals surface area contributed by atoms with Gasteiger partial charge in [0.15, 0.2) is 0 Å². The topological polar surface area (TPSA) is 72.9 Å². The fourth-order valence-corrected chi connectivity index (χ4v) is 4.16. The highest BCUT2D eigenvalue weighted by Gasteiger charge is 2.34. The summed E-state index contributed by atoms with van der Waals surface area (Å²) >= 11 is 0. The Balaban J connectivity index is 1.54. The van der Waals surface area contributed by atoms with E-state index < -0.39 is 6.17 Å². The summed E-state index contributed by atoms with van der Waals surface area (Å²) in [6.07, 6.45) is 1.25. The number of ether oxygens (including phenoxy) is 3. The minimum atomic E-state index is -0.440. The van der Waals surface area contributed by atoms with Crippen molar-refractivity contribution < 1.29 is 19.0 Å². The molecule has 0 saturated carbocycles. The predicted molar refractivity (Wildman–Crippen MR) is 134 cm³/mol. The largest absolute Gasteiger partial charge is 0.497 e. The third-order valence-corrected chi connectivity index (χ3v) is 5.91. The predicted octanol–water partition coefficient (Wildman–Crippen LogP) is 5.45. The van der Waals surface area contributed by atoms with Crippen LogP contribution in [0, 0.1) is 0 Å². The standard InChI is InChI=1S/C28H25N3O4/c1-33-22-13-11-21(12-14-22)31-27(30-24-8-4-3-7-23(24)28(31)32)19-10-15-25(34-2)20(17-19)18-35-26-9-5-6-16-29-26/h3-17,27,30H,18H2,1-2H3/t27-/m0/s1. The van der Waals surface area contributed by atoms with Crippen LogP contribution in [0.1, 0.15) is 27.7 Å². The Morgan fingerprint density at radius 1 is 0.914 bits per heavy atom. The lowest BCUT2D eigenvalue weighted by Crippen LogP contribution is -2.43. The van der Waals surface area contributed by atoms with Crippen molar-refractivity contribution in [3.8, 4) is 17.4 Å². The van der Waals surface area contributed by atoms with Gasteiger partial charge in [0.05, 0.1) is 19.8 Å². The van der Waals surface area contributed by atoms with Gasteiger partial charge in [-0.1, -0.05) is 24.3 Å². The van der Waals surface area contributed by atoms with Gasteiger partial charge in [-0.3, -0.25) is 9.69 Å². The van der Waals surface area contributed by atoms with E-state index in [0.29, 0.717) is 17.2 Å². The Bertz CT molecular complexity index is 1330. The van der Waals surface area contributed by atoms with Crippen LogP contribution in [0.25, 0.3) is 0 Å². The lowest BCUT2D eigenvalue weighted by Gasteiger charge is -2.38. The number of nitrogens with zero attached hydrogens (tertiary/aromatic N) is 2. The number of para-hydroxylation sites is 1. The maximum Gasteiger partial charge on any atom is 0.262 e. The van der Waals surface area contributed by atoms with Gasteiger partial charge in [0.1, 0.15) is 24.3 Å². The fourth-order valence-electron chi connectivity index (χ4n) is 4.16. The Kier molecular flexibility index (Phi) is 6.22. The van der Waals surface area contributed by atoms with Gasteiger partial charge in [0, 0.05) is 29.2 Å². The number of nitrogens with one attached hydrogen (secondary N) is 1. The Labute approximate surface area is 203 Å². The van der Waals surface area contributed by atoms with E-state index in [1.54, 1.807) is 31.4 Å². The molecule has 1 aliphatic heterocycles. The van der Waals surface area contributed by atoms with Gasteiger partial charge < -0.3 is 19.5 Å². The molecule has 0 fully saturated rings. The second kappa shape index (κ2) is 9.77. The second-order valence-electron chi connectivity index (χ2n) is 7.99. The monoisotopic (exact) mass is 467 g/mol. The van der Waals surface area contributed by atoms with Gasteiger partial charge in [-0.25, -0.2) is 4.98 Å². The summed E-state index contributed by atoms with van der Waals surface area (Å²) < 4.78 is 16.8. The molecule has 1 aromatic heterocycles. The SMILES string of the molecule is COc1ccc(N2C(=O)c3ccccc3N[C@@H]2c2ccc(OC)c(COc3ccccn3)c2)cc1. The molecule has 7 heteroatoms. The van der Waals surface area contributed by atoms with Crippen molar-refractivity contribution in [1.82, 2.24) is 4.98 Å². The minimum Gasteiger partial charge on any atom is -0.497 e. The summed E-state index contributed by atoms with van der Waals surface area (Å²) in [5.74, 6) is 1.86. The summed E-state index contributed by atoms with van der Waals surface area (Å²) in [5, 5.41) is 3.54. The fraction of sp³-hybridized carbons (Fsp3) is 0.143. The van der Waals surface area contributed by atoms with Crippen molar-refractivity contribution in [1.29, 1.82) is 0 Å². The van der Waals surface area contributed by atoms with Gasteiger partial charge in [0.25, 0.3) is 5.91 Å². The van der Waals surface area contributed by atoms with Gasteiger partial charge in [-0.05, 0) is 60.2 Å². The average molecular weight is 468 g/mol. The first kappa shape index (κ1) is 22.3. The van der Waals surface area contributed by atoms with E-state index in [1.807, 2.05) is 78.9 Å². The van der Waals surface area contributed by atoms with E-state index in [4.69, 9.17) is 14.2 Å². The number of anilines is 2. The molecule has 0 spiro atoms. The molecule has 35 heavy (non-hydrogen) atoms. The first-order valence-corrected chi connectivity index (χ1v) is 11.2. The van der Waals surface area contributed by atoms with E-state index in [-0.39, 0.29) is 12.5 Å². The maximum absolute atomic E-state index is 13.7. The molecule has 0 saturated heterocycles. The number of benzene rings is 3. The van der Waals surface area contributed by atoms with Crippen molar-refractivity contribution >= 4 is 17.3 Å². The van der Waals surface area contributed by atoms with Crippen LogP contribution < -0.4 is 24.4 Å². The summed E-state index contributed by atoms with van der Waals surface area (Å²) in [5.41, 5.74) is 3.90. The molecule has 176 valence electrons. The zero-order valence-corrected chi connectivity index (χ0v) is 19.5. The highest BCUT2D eigenvalue weighted by Crippen LogP contribution is 2.38. The summed E-state index contributed by atoms with van der Waals surface area (Å²) in [4.78, 5) is 19.7. The molecule has 0 radical (unpaired) electrons. The molecule has 1 atom stereocenters. The van der Waals surface area contributed by atoms with E-state index in [2.05, 4.69) is 10.3 Å². The van der Waals surface area contributed by atoms with E-state index in [1.165, 1.54) is 0 Å². The Morgan fingerprint density at radius 2 is 1.71 bits per heavy atom. The van der Waals surface area contributed by atoms with Crippen molar-refractivity contribution in [3.63, 3.8) is 0 Å². The Hall–Kier alpha value is -4.52. The number of carbonyl (C=O) groups excluding carboxylic acids is 1. The van der Waals surface area contributed by atoms with Gasteiger partial charge in [-0.2, -0.15) is 0 Å². The molecule has 0 bridgehead atoms. The lowest BCUT2D eigenvalue weighted by atomic mass is 10.0. The van der Waals surface area contributed by atoms with Crippen LogP contribution in [-0.2, 0) is 6.61 Å². The molecular formula is C28H25N3O4. The number of hydrogen-bond acceptors (Lipinski definition) is 6. The lowest BCUT2D eigenvalue weighted by molar-refractivity contribution is 0.0975. The second-order valence-corrected chi connectivity index (χ2v) is 7.99. The molecule has 1 N–H and O–H groups in total. The zero-order chi connectivity index (χ0) is 24.2. The van der Waals surface area contributed by atoms with Crippen LogP contribution in [0.5, 0.6) is 17.4 Å². The van der Waals surface area contributed by atoms with Gasteiger partial charge in [-0.15, -0.1) is 0 Å². The average Bonchev–Trinajstić information content (AvgIpc) is 2.92. The first-order valence-electron chi connectivity index (χ1n) is 11.2. The first-order chi connectivity index (χ1) is 17.2. The molecule has 5 rings (SSSR count). The molecule has 0 aliphatic carbocycles. The number of rotatable bonds is 7. The van der Waals surface area contributed by atoms with Crippen molar-refractivity contribution in [2.45, 2.75) is 12.8 Å². The van der Waals surface area contributed by atoms with Crippen molar-refractivity contribution in [2.75, 3.05) is 24.4 Å². The molecule has 2 heterocycles. The molecule has 1 amide bonds. The molecule has 7 nitrogen and oxygen atoms in total. The molecule has 4 aromatic rings. The summed E-state index contributed by atoms with van der Waals surface area (Å²) in [7, 11) is 3.25. The van der Waals surface area contributed by atoms with E-state index >= 15 is 0 Å². The number of amides is 1. The van der Waals surface area contributed by atoms with Crippen LogP contribution in [0.3, 0.4) is 0 Å². The highest BCUT2D eigenvalue weighted by atomic mass is 16.5. The number of carbonyl (C=O) groups is 1. The number of aromatic nitrogens is 1. The number of methoxy groups -OCH3 is 2. The van der Waals surface area contributed by atoms with Gasteiger partial charge >= 0.3 is 0 Å². The maximum atomic E-state index is 13.7. The zero-order valence-electron chi connectivity index (χ0n) is 19.5. The number of hydrogen-bond donors (Lipinski definition) is 1. The molecule has 0 unspecified atom stereocenters. The van der Waals surface area contributed by atoms with Crippen molar-refractivity contribution in [3.05, 3.63) is 108 Å². The quantitative estimate of drug-likeness (QED) is 0.390. The van der Waals surface area contributed by atoms with Crippen LogP contribution in [0.2, 0.25) is 0 Å². The molecule has 1 aliphatic rings. The Morgan fingerprint density at radius 3 is 2.46 bits per heavy atom. The normalized spacial score (nSPS) is 14.6. The summed E-state index contributed by atoms with van der Waals surface area (Å²) in [6, 6.07) is 26.4. The highest BCUT2D eigenvalue weighted by molar-refractivity contribution is 6.12. The van der Waals surface area contributed by atoms with E-state index in [9.17, 15) is 4.79 Å². The van der Waals surface area contributed by atoms with Crippen molar-refractivity contribution in [2.24, 2.45) is 0 Å². The van der Waals surface area contributed by atoms with Gasteiger partial charge in [0.2, 0.25) is 5.88 Å². The third-order valence-electron chi connectivity index (χ3n) is 5.91. The number of fused-ring (bicyclic) bond motifs is 1. The molecule has 3 aromatic carbocycles. The van der Waals surface area contributed by atoms with Crippen LogP contribution in [0.4, 0.5) is 11.4 Å². The van der Waals surface area contributed by atoms with E-state index in [0.717, 1.165) is 28.3 Å². The smallest absolute Gasteiger partial charge is 0.262 e. The third kappa shape index (κ3) is 4.48. The summed E-state index contributed by atoms with van der Waals surface area (Å²) in [6.45, 7) is 0.272.